The Morgan fingerprint density at radius 1 is 0.556 bits per heavy atom. The van der Waals surface area contributed by atoms with Crippen LogP contribution in [0.4, 0.5) is 0 Å². The maximum Gasteiger partial charge on any atom is 0.303 e. The van der Waals surface area contributed by atoms with Gasteiger partial charge in [-0.2, -0.15) is 0 Å². The second-order valence-corrected chi connectivity index (χ2v) is 8.26. The molecule has 162 valence electrons. The Labute approximate surface area is 170 Å². The maximum absolute atomic E-state index is 10.4. The highest BCUT2D eigenvalue weighted by molar-refractivity contribution is 5.66. The predicted octanol–water partition coefficient (Wildman–Crippen LogP) is 7.48. The van der Waals surface area contributed by atoms with Crippen LogP contribution in [0.15, 0.2) is 0 Å². The zero-order chi connectivity index (χ0) is 19.8. The average Bonchev–Trinajstić information content (AvgIpc) is 2.65. The molecule has 0 aromatic rings. The van der Waals surface area contributed by atoms with Crippen LogP contribution in [0.5, 0.6) is 0 Å². The zero-order valence-corrected chi connectivity index (χ0v) is 18.4. The van der Waals surface area contributed by atoms with Crippen molar-refractivity contribution >= 4 is 5.97 Å². The van der Waals surface area contributed by atoms with Crippen molar-refractivity contribution in [3.8, 4) is 0 Å². The van der Waals surface area contributed by atoms with E-state index in [0.29, 0.717) is 6.42 Å². The molecule has 0 aromatic heterocycles. The molecule has 27 heavy (non-hydrogen) atoms. The largest absolute Gasteiger partial charge is 0.481 e. The molecule has 2 N–H and O–H groups in total. The number of aliphatic carboxylic acids is 1. The van der Waals surface area contributed by atoms with E-state index in [1.54, 1.807) is 0 Å². The van der Waals surface area contributed by atoms with Crippen molar-refractivity contribution in [2.75, 3.05) is 13.1 Å². The zero-order valence-electron chi connectivity index (χ0n) is 18.4. The van der Waals surface area contributed by atoms with Gasteiger partial charge >= 0.3 is 5.97 Å². The van der Waals surface area contributed by atoms with Crippen LogP contribution in [0.3, 0.4) is 0 Å². The Bertz CT molecular complexity index is 294. The third-order valence-electron chi connectivity index (χ3n) is 5.45. The fraction of sp³-hybridized carbons (Fsp3) is 0.958. The molecular weight excluding hydrogens is 334 g/mol. The molecule has 3 heteroatoms. The van der Waals surface area contributed by atoms with E-state index in [0.717, 1.165) is 12.8 Å². The first kappa shape index (κ1) is 26.4. The molecule has 3 nitrogen and oxygen atoms in total. The second kappa shape index (κ2) is 23.5. The molecule has 0 spiro atoms. The molecule has 0 saturated heterocycles. The molecule has 0 heterocycles. The smallest absolute Gasteiger partial charge is 0.303 e. The van der Waals surface area contributed by atoms with Gasteiger partial charge in [0.05, 0.1) is 0 Å². The molecule has 0 aliphatic heterocycles. The van der Waals surface area contributed by atoms with Crippen molar-refractivity contribution in [1.82, 2.24) is 5.32 Å². The van der Waals surface area contributed by atoms with Crippen molar-refractivity contribution in [2.24, 2.45) is 0 Å². The number of carboxylic acid groups (broad SMARTS) is 1. The number of carbonyl (C=O) groups is 1. The van der Waals surface area contributed by atoms with Gasteiger partial charge in [0.2, 0.25) is 0 Å². The van der Waals surface area contributed by atoms with Crippen molar-refractivity contribution in [1.29, 1.82) is 0 Å². The number of hydrogen-bond donors (Lipinski definition) is 2. The molecule has 0 unspecified atom stereocenters. The van der Waals surface area contributed by atoms with Gasteiger partial charge in [0.25, 0.3) is 0 Å². The molecule has 0 rings (SSSR count). The van der Waals surface area contributed by atoms with Crippen LogP contribution < -0.4 is 5.32 Å². The summed E-state index contributed by atoms with van der Waals surface area (Å²) in [5, 5.41) is 12.1. The van der Waals surface area contributed by atoms with Gasteiger partial charge in [-0.05, 0) is 32.4 Å². The molecule has 0 saturated carbocycles. The first-order valence-corrected chi connectivity index (χ1v) is 12.2. The minimum Gasteiger partial charge on any atom is -0.481 e. The van der Waals surface area contributed by atoms with Gasteiger partial charge in [-0.1, -0.05) is 110 Å². The third kappa shape index (κ3) is 25.4. The Kier molecular flexibility index (Phi) is 23.0. The van der Waals surface area contributed by atoms with Crippen LogP contribution in [-0.4, -0.2) is 24.2 Å². The number of unbranched alkanes of at least 4 members (excludes halogenated alkanes) is 17. The van der Waals surface area contributed by atoms with Gasteiger partial charge in [0.1, 0.15) is 0 Å². The molecular formula is C24H49NO2. The summed E-state index contributed by atoms with van der Waals surface area (Å²) < 4.78 is 0. The second-order valence-electron chi connectivity index (χ2n) is 8.26. The summed E-state index contributed by atoms with van der Waals surface area (Å²) in [5.74, 6) is -0.652. The van der Waals surface area contributed by atoms with Crippen LogP contribution in [0.1, 0.15) is 135 Å². The SMILES string of the molecule is CCCCCNCCCCCCCCCCCCCCCCCCC(=O)O. The van der Waals surface area contributed by atoms with Gasteiger partial charge in [-0.3, -0.25) is 4.79 Å². The fourth-order valence-electron chi connectivity index (χ4n) is 3.63. The Morgan fingerprint density at radius 2 is 0.889 bits per heavy atom. The lowest BCUT2D eigenvalue weighted by atomic mass is 10.0. The number of hydrogen-bond acceptors (Lipinski definition) is 2. The van der Waals surface area contributed by atoms with E-state index < -0.39 is 5.97 Å². The number of carboxylic acids is 1. The van der Waals surface area contributed by atoms with Crippen molar-refractivity contribution in [3.63, 3.8) is 0 Å². The summed E-state index contributed by atoms with van der Waals surface area (Å²) in [7, 11) is 0. The highest BCUT2D eigenvalue weighted by Crippen LogP contribution is 2.14. The minimum absolute atomic E-state index is 0.344. The summed E-state index contributed by atoms with van der Waals surface area (Å²) in [6.07, 6.45) is 25.6. The van der Waals surface area contributed by atoms with Gasteiger partial charge in [0, 0.05) is 6.42 Å². The first-order chi connectivity index (χ1) is 13.3. The van der Waals surface area contributed by atoms with E-state index in [1.165, 1.54) is 122 Å². The summed E-state index contributed by atoms with van der Waals surface area (Å²) in [4.78, 5) is 10.4. The fourth-order valence-corrected chi connectivity index (χ4v) is 3.63. The lowest BCUT2D eigenvalue weighted by Crippen LogP contribution is -2.16. The van der Waals surface area contributed by atoms with Gasteiger partial charge in [0.15, 0.2) is 0 Å². The van der Waals surface area contributed by atoms with Gasteiger partial charge in [-0.25, -0.2) is 0 Å². The lowest BCUT2D eigenvalue weighted by Gasteiger charge is -2.05. The normalized spacial score (nSPS) is 11.1. The van der Waals surface area contributed by atoms with E-state index >= 15 is 0 Å². The van der Waals surface area contributed by atoms with Crippen molar-refractivity contribution < 1.29 is 9.90 Å². The van der Waals surface area contributed by atoms with Crippen LogP contribution in [-0.2, 0) is 4.79 Å². The molecule has 0 aliphatic rings. The molecule has 0 aliphatic carbocycles. The highest BCUT2D eigenvalue weighted by Gasteiger charge is 1.97. The minimum atomic E-state index is -0.652. The number of rotatable bonds is 23. The average molecular weight is 384 g/mol. The molecule has 0 atom stereocenters. The standard InChI is InChI=1S/C24H49NO2/c1-2-3-19-22-25-23-20-17-15-13-11-9-7-5-4-6-8-10-12-14-16-18-21-24(26)27/h25H,2-23H2,1H3,(H,26,27). The summed E-state index contributed by atoms with van der Waals surface area (Å²) in [6, 6.07) is 0. The van der Waals surface area contributed by atoms with Crippen LogP contribution in [0.25, 0.3) is 0 Å². The van der Waals surface area contributed by atoms with Crippen molar-refractivity contribution in [3.05, 3.63) is 0 Å². The Balaban J connectivity index is 2.98. The summed E-state index contributed by atoms with van der Waals surface area (Å²) in [5.41, 5.74) is 0. The quantitative estimate of drug-likeness (QED) is 0.180. The molecule has 0 radical (unpaired) electrons. The Morgan fingerprint density at radius 3 is 1.26 bits per heavy atom. The van der Waals surface area contributed by atoms with Crippen LogP contribution in [0, 0.1) is 0 Å². The van der Waals surface area contributed by atoms with E-state index in [-0.39, 0.29) is 0 Å². The van der Waals surface area contributed by atoms with E-state index in [9.17, 15) is 4.79 Å². The van der Waals surface area contributed by atoms with Crippen molar-refractivity contribution in [2.45, 2.75) is 135 Å². The number of nitrogens with one attached hydrogen (secondary N) is 1. The molecule has 0 aromatic carbocycles. The van der Waals surface area contributed by atoms with Gasteiger partial charge < -0.3 is 10.4 Å². The summed E-state index contributed by atoms with van der Waals surface area (Å²) >= 11 is 0. The van der Waals surface area contributed by atoms with Crippen LogP contribution in [0.2, 0.25) is 0 Å². The third-order valence-corrected chi connectivity index (χ3v) is 5.45. The van der Waals surface area contributed by atoms with E-state index in [4.69, 9.17) is 5.11 Å². The van der Waals surface area contributed by atoms with E-state index in [1.807, 2.05) is 0 Å². The van der Waals surface area contributed by atoms with Gasteiger partial charge in [-0.15, -0.1) is 0 Å². The predicted molar refractivity (Wildman–Crippen MR) is 119 cm³/mol. The molecule has 0 fully saturated rings. The summed E-state index contributed by atoms with van der Waals surface area (Å²) in [6.45, 7) is 4.68. The lowest BCUT2D eigenvalue weighted by molar-refractivity contribution is -0.137. The van der Waals surface area contributed by atoms with E-state index in [2.05, 4.69) is 12.2 Å². The van der Waals surface area contributed by atoms with Crippen LogP contribution >= 0.6 is 0 Å². The first-order valence-electron chi connectivity index (χ1n) is 12.2. The molecule has 0 bridgehead atoms. The molecule has 0 amide bonds. The topological polar surface area (TPSA) is 49.3 Å². The highest BCUT2D eigenvalue weighted by atomic mass is 16.4. The maximum atomic E-state index is 10.4. The Hall–Kier alpha value is -0.570. The monoisotopic (exact) mass is 383 g/mol.